The van der Waals surface area contributed by atoms with Crippen LogP contribution in [0.15, 0.2) is 59.5 Å². The lowest BCUT2D eigenvalue weighted by Gasteiger charge is -2.07. The lowest BCUT2D eigenvalue weighted by molar-refractivity contribution is -0.111. The van der Waals surface area contributed by atoms with Crippen LogP contribution in [0.25, 0.3) is 16.5 Å². The van der Waals surface area contributed by atoms with Crippen LogP contribution >= 0.6 is 0 Å². The van der Waals surface area contributed by atoms with Gasteiger partial charge < -0.3 is 15.6 Å². The van der Waals surface area contributed by atoms with Crippen molar-refractivity contribution in [3.8, 4) is 0 Å². The van der Waals surface area contributed by atoms with Crippen molar-refractivity contribution in [1.82, 2.24) is 10.3 Å². The topological polar surface area (TPSA) is 134 Å². The van der Waals surface area contributed by atoms with Gasteiger partial charge in [0.05, 0.1) is 4.90 Å². The van der Waals surface area contributed by atoms with E-state index in [0.29, 0.717) is 35.5 Å². The normalized spacial score (nSPS) is 15.6. The van der Waals surface area contributed by atoms with Crippen LogP contribution in [-0.2, 0) is 14.8 Å². The SMILES string of the molecule is NS(=O)(=O)c1cccc(NC(=O)C=C2CCNC(=O)c3[nH]c4ccccc4c32)c1. The van der Waals surface area contributed by atoms with Gasteiger partial charge in [0.15, 0.2) is 0 Å². The first kappa shape index (κ1) is 18.9. The Kier molecular flexibility index (Phi) is 4.69. The number of aromatic amines is 1. The molecule has 2 aromatic carbocycles. The smallest absolute Gasteiger partial charge is 0.268 e. The van der Waals surface area contributed by atoms with Gasteiger partial charge >= 0.3 is 0 Å². The summed E-state index contributed by atoms with van der Waals surface area (Å²) in [4.78, 5) is 28.0. The maximum Gasteiger partial charge on any atom is 0.268 e. The number of H-pyrrole nitrogens is 1. The van der Waals surface area contributed by atoms with Crippen molar-refractivity contribution < 1.29 is 18.0 Å². The summed E-state index contributed by atoms with van der Waals surface area (Å²) in [7, 11) is -3.87. The van der Waals surface area contributed by atoms with Gasteiger partial charge in [-0.25, -0.2) is 13.6 Å². The predicted octanol–water partition coefficient (Wildman–Crippen LogP) is 1.97. The summed E-state index contributed by atoms with van der Waals surface area (Å²) < 4.78 is 23.0. The fourth-order valence-corrected chi connectivity index (χ4v) is 3.96. The minimum Gasteiger partial charge on any atom is -0.350 e. The highest BCUT2D eigenvalue weighted by molar-refractivity contribution is 7.89. The quantitative estimate of drug-likeness (QED) is 0.491. The minimum absolute atomic E-state index is 0.0915. The highest BCUT2D eigenvalue weighted by Crippen LogP contribution is 2.32. The zero-order valence-corrected chi connectivity index (χ0v) is 16.0. The molecular weight excluding hydrogens is 392 g/mol. The summed E-state index contributed by atoms with van der Waals surface area (Å²) in [6, 6.07) is 13.2. The van der Waals surface area contributed by atoms with Gasteiger partial charge in [0.1, 0.15) is 5.69 Å². The number of para-hydroxylation sites is 1. The Morgan fingerprint density at radius 1 is 1.14 bits per heavy atom. The zero-order valence-electron chi connectivity index (χ0n) is 15.2. The monoisotopic (exact) mass is 410 g/mol. The number of anilines is 1. The van der Waals surface area contributed by atoms with Crippen LogP contribution in [0.1, 0.15) is 22.5 Å². The first-order valence-electron chi connectivity index (χ1n) is 8.86. The first-order valence-corrected chi connectivity index (χ1v) is 10.4. The number of amides is 2. The molecule has 1 aromatic heterocycles. The Hall–Kier alpha value is -3.43. The van der Waals surface area contributed by atoms with E-state index in [4.69, 9.17) is 5.14 Å². The summed E-state index contributed by atoms with van der Waals surface area (Å²) >= 11 is 0. The maximum atomic E-state index is 12.6. The molecule has 0 fully saturated rings. The van der Waals surface area contributed by atoms with E-state index in [-0.39, 0.29) is 10.8 Å². The van der Waals surface area contributed by atoms with Crippen LogP contribution in [0.4, 0.5) is 5.69 Å². The van der Waals surface area contributed by atoms with E-state index in [1.807, 2.05) is 24.3 Å². The Morgan fingerprint density at radius 3 is 2.72 bits per heavy atom. The molecule has 148 valence electrons. The lowest BCUT2D eigenvalue weighted by Crippen LogP contribution is -2.22. The maximum absolute atomic E-state index is 12.6. The van der Waals surface area contributed by atoms with Crippen LogP contribution < -0.4 is 15.8 Å². The van der Waals surface area contributed by atoms with Gasteiger partial charge in [0.25, 0.3) is 5.91 Å². The van der Waals surface area contributed by atoms with Gasteiger partial charge in [0.2, 0.25) is 15.9 Å². The molecular formula is C20H18N4O4S. The van der Waals surface area contributed by atoms with Crippen LogP contribution in [0.2, 0.25) is 0 Å². The molecule has 0 unspecified atom stereocenters. The molecule has 0 atom stereocenters. The Labute approximate surface area is 166 Å². The molecule has 8 nitrogen and oxygen atoms in total. The van der Waals surface area contributed by atoms with Gasteiger partial charge in [-0.3, -0.25) is 9.59 Å². The molecule has 29 heavy (non-hydrogen) atoms. The molecule has 0 radical (unpaired) electrons. The highest BCUT2D eigenvalue weighted by atomic mass is 32.2. The Bertz CT molecular complexity index is 1270. The summed E-state index contributed by atoms with van der Waals surface area (Å²) in [6.45, 7) is 0.399. The number of fused-ring (bicyclic) bond motifs is 3. The van der Waals surface area contributed by atoms with Crippen molar-refractivity contribution in [2.45, 2.75) is 11.3 Å². The molecule has 0 saturated heterocycles. The second-order valence-electron chi connectivity index (χ2n) is 6.66. The molecule has 2 heterocycles. The number of sulfonamides is 1. The number of benzene rings is 2. The average molecular weight is 410 g/mol. The number of rotatable bonds is 3. The molecule has 2 amide bonds. The summed E-state index contributed by atoms with van der Waals surface area (Å²) in [5.74, 6) is -0.655. The van der Waals surface area contributed by atoms with Gasteiger partial charge in [-0.05, 0) is 36.3 Å². The van der Waals surface area contributed by atoms with Crippen molar-refractivity contribution in [3.05, 3.63) is 65.9 Å². The third-order valence-electron chi connectivity index (χ3n) is 4.67. The van der Waals surface area contributed by atoms with Crippen molar-refractivity contribution in [2.75, 3.05) is 11.9 Å². The molecule has 1 aliphatic rings. The van der Waals surface area contributed by atoms with E-state index >= 15 is 0 Å². The molecule has 0 spiro atoms. The highest BCUT2D eigenvalue weighted by Gasteiger charge is 2.24. The summed E-state index contributed by atoms with van der Waals surface area (Å²) in [5, 5.41) is 11.5. The number of nitrogens with two attached hydrogens (primary N) is 1. The number of carbonyl (C=O) groups is 2. The third-order valence-corrected chi connectivity index (χ3v) is 5.58. The summed E-state index contributed by atoms with van der Waals surface area (Å²) in [5.41, 5.74) is 2.93. The minimum atomic E-state index is -3.87. The van der Waals surface area contributed by atoms with E-state index < -0.39 is 15.9 Å². The van der Waals surface area contributed by atoms with E-state index in [2.05, 4.69) is 15.6 Å². The van der Waals surface area contributed by atoms with Crippen LogP contribution in [0, 0.1) is 0 Å². The largest absolute Gasteiger partial charge is 0.350 e. The number of hydrogen-bond acceptors (Lipinski definition) is 4. The van der Waals surface area contributed by atoms with Crippen LogP contribution in [0.5, 0.6) is 0 Å². The van der Waals surface area contributed by atoms with Crippen LogP contribution in [0.3, 0.4) is 0 Å². The average Bonchev–Trinajstić information content (AvgIpc) is 2.99. The number of carbonyl (C=O) groups excluding carboxylic acids is 2. The van der Waals surface area contributed by atoms with E-state index in [1.54, 1.807) is 6.07 Å². The molecule has 9 heteroatoms. The number of aromatic nitrogens is 1. The first-order chi connectivity index (χ1) is 13.8. The standard InChI is InChI=1S/C20H18N4O4S/c21-29(27,28)14-5-3-4-13(11-14)23-17(25)10-12-8-9-22-20(26)19-18(12)15-6-1-2-7-16(15)24-19/h1-7,10-11,24H,8-9H2,(H,22,26)(H,23,25)(H2,21,27,28). The van der Waals surface area contributed by atoms with E-state index in [9.17, 15) is 18.0 Å². The molecule has 0 saturated carbocycles. The van der Waals surface area contributed by atoms with E-state index in [1.165, 1.54) is 24.3 Å². The second-order valence-corrected chi connectivity index (χ2v) is 8.22. The summed E-state index contributed by atoms with van der Waals surface area (Å²) in [6.07, 6.45) is 1.91. The predicted molar refractivity (Wildman–Crippen MR) is 110 cm³/mol. The molecule has 5 N–H and O–H groups in total. The molecule has 3 aromatic rings. The Morgan fingerprint density at radius 2 is 1.93 bits per heavy atom. The van der Waals surface area contributed by atoms with Gasteiger partial charge in [-0.1, -0.05) is 24.3 Å². The molecule has 0 aliphatic carbocycles. The number of hydrogen-bond donors (Lipinski definition) is 4. The van der Waals surface area contributed by atoms with E-state index in [0.717, 1.165) is 10.9 Å². The third kappa shape index (κ3) is 3.78. The lowest BCUT2D eigenvalue weighted by atomic mass is 9.99. The van der Waals surface area contributed by atoms with Crippen molar-refractivity contribution in [2.24, 2.45) is 5.14 Å². The molecule has 0 bridgehead atoms. The zero-order chi connectivity index (χ0) is 20.6. The van der Waals surface area contributed by atoms with Crippen molar-refractivity contribution in [1.29, 1.82) is 0 Å². The fourth-order valence-electron chi connectivity index (χ4n) is 3.40. The molecule has 1 aliphatic heterocycles. The Balaban J connectivity index is 1.71. The van der Waals surface area contributed by atoms with Gasteiger partial charge in [-0.2, -0.15) is 0 Å². The number of primary sulfonamides is 1. The second kappa shape index (κ2) is 7.19. The van der Waals surface area contributed by atoms with Crippen LogP contribution in [-0.4, -0.2) is 31.8 Å². The van der Waals surface area contributed by atoms with Gasteiger partial charge in [-0.15, -0.1) is 0 Å². The van der Waals surface area contributed by atoms with Gasteiger partial charge in [0, 0.05) is 34.8 Å². The fraction of sp³-hybridized carbons (Fsp3) is 0.100. The van der Waals surface area contributed by atoms with Crippen molar-refractivity contribution >= 4 is 44.0 Å². The number of nitrogens with one attached hydrogen (secondary N) is 3. The molecule has 4 rings (SSSR count). The van der Waals surface area contributed by atoms with Crippen molar-refractivity contribution in [3.63, 3.8) is 0 Å².